The first-order valence-corrected chi connectivity index (χ1v) is 7.01. The molecule has 0 radical (unpaired) electrons. The molecule has 2 N–H and O–H groups in total. The Hall–Kier alpha value is -1.82. The standard InChI is InChI=1S/C14H14BrNO4/c1-2-9(7-12(17)18)16-14(19)11-6-8-4-3-5-10(15)13(8)20-11/h3-6,9H,2,7H2,1H3,(H,16,19)(H,17,18). The van der Waals surface area contributed by atoms with Crippen molar-refractivity contribution in [2.75, 3.05) is 0 Å². The van der Waals surface area contributed by atoms with Crippen LogP contribution in [0.25, 0.3) is 11.0 Å². The quantitative estimate of drug-likeness (QED) is 0.876. The van der Waals surface area contributed by atoms with Gasteiger partial charge >= 0.3 is 5.97 Å². The second kappa shape index (κ2) is 6.09. The maximum absolute atomic E-state index is 12.1. The zero-order valence-electron chi connectivity index (χ0n) is 10.9. The SMILES string of the molecule is CCC(CC(=O)O)NC(=O)c1cc2cccc(Br)c2o1. The largest absolute Gasteiger partial charge is 0.481 e. The van der Waals surface area contributed by atoms with Crippen LogP contribution in [0.5, 0.6) is 0 Å². The number of carboxylic acids is 1. The fourth-order valence-electron chi connectivity index (χ4n) is 1.90. The Morgan fingerprint density at radius 2 is 2.20 bits per heavy atom. The number of aliphatic carboxylic acids is 1. The summed E-state index contributed by atoms with van der Waals surface area (Å²) in [7, 11) is 0. The molecule has 0 saturated heterocycles. The van der Waals surface area contributed by atoms with Crippen LogP contribution in [0.4, 0.5) is 0 Å². The predicted octanol–water partition coefficient (Wildman–Crippen LogP) is 3.18. The fraction of sp³-hybridized carbons (Fsp3) is 0.286. The summed E-state index contributed by atoms with van der Waals surface area (Å²) in [5.74, 6) is -1.17. The average Bonchev–Trinajstić information content (AvgIpc) is 2.83. The first kappa shape index (κ1) is 14.6. The van der Waals surface area contributed by atoms with Crippen LogP contribution in [-0.4, -0.2) is 23.0 Å². The minimum Gasteiger partial charge on any atom is -0.481 e. The zero-order valence-corrected chi connectivity index (χ0v) is 12.4. The fourth-order valence-corrected chi connectivity index (χ4v) is 2.37. The first-order chi connectivity index (χ1) is 9.51. The van der Waals surface area contributed by atoms with E-state index >= 15 is 0 Å². The van der Waals surface area contributed by atoms with Gasteiger partial charge in [-0.3, -0.25) is 9.59 Å². The van der Waals surface area contributed by atoms with Crippen LogP contribution in [0.15, 0.2) is 33.2 Å². The van der Waals surface area contributed by atoms with Crippen LogP contribution >= 0.6 is 15.9 Å². The second-order valence-corrected chi connectivity index (χ2v) is 5.30. The van der Waals surface area contributed by atoms with E-state index in [2.05, 4.69) is 21.2 Å². The van der Waals surface area contributed by atoms with Gasteiger partial charge in [-0.15, -0.1) is 0 Å². The van der Waals surface area contributed by atoms with Crippen molar-refractivity contribution in [1.29, 1.82) is 0 Å². The molecule has 0 aliphatic rings. The number of amides is 1. The average molecular weight is 340 g/mol. The van der Waals surface area contributed by atoms with Crippen LogP contribution in [0.3, 0.4) is 0 Å². The van der Waals surface area contributed by atoms with E-state index in [0.717, 1.165) is 9.86 Å². The number of para-hydroxylation sites is 1. The summed E-state index contributed by atoms with van der Waals surface area (Å²) < 4.78 is 6.27. The van der Waals surface area contributed by atoms with Crippen molar-refractivity contribution in [3.05, 3.63) is 34.5 Å². The van der Waals surface area contributed by atoms with E-state index in [-0.39, 0.29) is 12.2 Å². The Balaban J connectivity index is 2.18. The molecular formula is C14H14BrNO4. The number of nitrogens with one attached hydrogen (secondary N) is 1. The third-order valence-corrected chi connectivity index (χ3v) is 3.59. The molecule has 2 aromatic rings. The molecule has 106 valence electrons. The molecule has 1 heterocycles. The van der Waals surface area contributed by atoms with Crippen LogP contribution in [0, 0.1) is 0 Å². The molecule has 0 aliphatic carbocycles. The number of benzene rings is 1. The molecule has 0 fully saturated rings. The highest BCUT2D eigenvalue weighted by Gasteiger charge is 2.18. The highest BCUT2D eigenvalue weighted by Crippen LogP contribution is 2.26. The topological polar surface area (TPSA) is 79.5 Å². The number of carbonyl (C=O) groups is 2. The van der Waals surface area contributed by atoms with Gasteiger partial charge in [0.15, 0.2) is 5.76 Å². The van der Waals surface area contributed by atoms with Gasteiger partial charge in [0.2, 0.25) is 0 Å². The summed E-state index contributed by atoms with van der Waals surface area (Å²) in [6.45, 7) is 1.82. The van der Waals surface area contributed by atoms with Crippen molar-refractivity contribution >= 4 is 38.8 Å². The minimum atomic E-state index is -0.940. The molecule has 0 bridgehead atoms. The lowest BCUT2D eigenvalue weighted by molar-refractivity contribution is -0.137. The van der Waals surface area contributed by atoms with Crippen LogP contribution < -0.4 is 5.32 Å². The lowest BCUT2D eigenvalue weighted by Gasteiger charge is -2.13. The van der Waals surface area contributed by atoms with Gasteiger partial charge in [-0.05, 0) is 34.5 Å². The summed E-state index contributed by atoms with van der Waals surface area (Å²) in [5.41, 5.74) is 0.601. The van der Waals surface area contributed by atoms with E-state index in [0.29, 0.717) is 12.0 Å². The van der Waals surface area contributed by atoms with Gasteiger partial charge in [-0.2, -0.15) is 0 Å². The molecular weight excluding hydrogens is 326 g/mol. The van der Waals surface area contributed by atoms with Crippen molar-refractivity contribution in [2.24, 2.45) is 0 Å². The Bertz CT molecular complexity index is 650. The third kappa shape index (κ3) is 3.19. The number of carboxylic acid groups (broad SMARTS) is 1. The molecule has 0 spiro atoms. The summed E-state index contributed by atoms with van der Waals surface area (Å²) >= 11 is 3.35. The molecule has 2 rings (SSSR count). The molecule has 20 heavy (non-hydrogen) atoms. The number of hydrogen-bond donors (Lipinski definition) is 2. The van der Waals surface area contributed by atoms with Crippen molar-refractivity contribution in [3.8, 4) is 0 Å². The normalized spacial score (nSPS) is 12.3. The van der Waals surface area contributed by atoms with Crippen molar-refractivity contribution in [1.82, 2.24) is 5.32 Å². The van der Waals surface area contributed by atoms with Crippen LogP contribution in [0.1, 0.15) is 30.3 Å². The lowest BCUT2D eigenvalue weighted by Crippen LogP contribution is -2.35. The number of hydrogen-bond acceptors (Lipinski definition) is 3. The van der Waals surface area contributed by atoms with Gasteiger partial charge in [-0.1, -0.05) is 19.1 Å². The third-order valence-electron chi connectivity index (χ3n) is 2.97. The number of rotatable bonds is 5. The molecule has 1 unspecified atom stereocenters. The lowest BCUT2D eigenvalue weighted by atomic mass is 10.1. The maximum Gasteiger partial charge on any atom is 0.305 e. The number of halogens is 1. The van der Waals surface area contributed by atoms with Gasteiger partial charge in [0, 0.05) is 11.4 Å². The van der Waals surface area contributed by atoms with Gasteiger partial charge in [0.25, 0.3) is 5.91 Å². The number of carbonyl (C=O) groups excluding carboxylic acids is 1. The highest BCUT2D eigenvalue weighted by atomic mass is 79.9. The van der Waals surface area contributed by atoms with Crippen molar-refractivity contribution < 1.29 is 19.1 Å². The van der Waals surface area contributed by atoms with E-state index in [1.54, 1.807) is 6.07 Å². The summed E-state index contributed by atoms with van der Waals surface area (Å²) in [6, 6.07) is 6.75. The van der Waals surface area contributed by atoms with E-state index in [9.17, 15) is 9.59 Å². The van der Waals surface area contributed by atoms with E-state index in [1.807, 2.05) is 25.1 Å². The summed E-state index contributed by atoms with van der Waals surface area (Å²) in [5, 5.41) is 12.2. The Kier molecular flexibility index (Phi) is 4.44. The number of fused-ring (bicyclic) bond motifs is 1. The summed E-state index contributed by atoms with van der Waals surface area (Å²) in [4.78, 5) is 22.8. The van der Waals surface area contributed by atoms with Gasteiger partial charge in [0.1, 0.15) is 5.58 Å². The Labute approximate surface area is 124 Å². The second-order valence-electron chi connectivity index (χ2n) is 4.45. The molecule has 0 aliphatic heterocycles. The van der Waals surface area contributed by atoms with Crippen LogP contribution in [-0.2, 0) is 4.79 Å². The molecule has 1 atom stereocenters. The molecule has 1 aromatic carbocycles. The first-order valence-electron chi connectivity index (χ1n) is 6.22. The molecule has 5 nitrogen and oxygen atoms in total. The Morgan fingerprint density at radius 3 is 2.80 bits per heavy atom. The van der Waals surface area contributed by atoms with Crippen molar-refractivity contribution in [2.45, 2.75) is 25.8 Å². The van der Waals surface area contributed by atoms with Gasteiger partial charge in [-0.25, -0.2) is 0 Å². The molecule has 6 heteroatoms. The number of furan rings is 1. The van der Waals surface area contributed by atoms with Gasteiger partial charge < -0.3 is 14.8 Å². The minimum absolute atomic E-state index is 0.105. The van der Waals surface area contributed by atoms with Gasteiger partial charge in [0.05, 0.1) is 10.9 Å². The molecule has 0 saturated carbocycles. The molecule has 1 aromatic heterocycles. The summed E-state index contributed by atoms with van der Waals surface area (Å²) in [6.07, 6.45) is 0.439. The monoisotopic (exact) mass is 339 g/mol. The highest BCUT2D eigenvalue weighted by molar-refractivity contribution is 9.10. The predicted molar refractivity (Wildman–Crippen MR) is 77.7 cm³/mol. The smallest absolute Gasteiger partial charge is 0.305 e. The van der Waals surface area contributed by atoms with E-state index < -0.39 is 17.9 Å². The van der Waals surface area contributed by atoms with E-state index in [1.165, 1.54) is 0 Å². The van der Waals surface area contributed by atoms with Crippen LogP contribution in [0.2, 0.25) is 0 Å². The molecule has 1 amide bonds. The van der Waals surface area contributed by atoms with Crippen molar-refractivity contribution in [3.63, 3.8) is 0 Å². The Morgan fingerprint density at radius 1 is 1.45 bits per heavy atom. The maximum atomic E-state index is 12.1. The zero-order chi connectivity index (χ0) is 14.7. The van der Waals surface area contributed by atoms with E-state index in [4.69, 9.17) is 9.52 Å².